The van der Waals surface area contributed by atoms with Crippen LogP contribution in [0.1, 0.15) is 27.2 Å². The molecule has 0 heterocycles. The Kier molecular flexibility index (Phi) is 3.06. The Balaban J connectivity index is 3.37. The van der Waals surface area contributed by atoms with Crippen molar-refractivity contribution in [3.05, 3.63) is 6.92 Å². The minimum atomic E-state index is 0.231. The number of nitrogens with one attached hydrogen (secondary N) is 1. The molecule has 1 N–H and O–H groups in total. The van der Waals surface area contributed by atoms with E-state index in [1.165, 1.54) is 0 Å². The zero-order chi connectivity index (χ0) is 6.62. The smallest absolute Gasteiger partial charge is 0.0125 e. The summed E-state index contributed by atoms with van der Waals surface area (Å²) in [6.07, 6.45) is 0.945. The molecule has 1 heteroatoms. The monoisotopic (exact) mass is 114 g/mol. The van der Waals surface area contributed by atoms with E-state index in [1.54, 1.807) is 0 Å². The molecular weight excluding hydrogens is 98.1 g/mol. The highest BCUT2D eigenvalue weighted by atomic mass is 14.9. The molecule has 0 aliphatic rings. The minimum absolute atomic E-state index is 0.231. The van der Waals surface area contributed by atoms with Crippen LogP contribution in [0.15, 0.2) is 0 Å². The van der Waals surface area contributed by atoms with Gasteiger partial charge in [0.1, 0.15) is 0 Å². The van der Waals surface area contributed by atoms with Crippen molar-refractivity contribution < 1.29 is 0 Å². The van der Waals surface area contributed by atoms with E-state index in [9.17, 15) is 0 Å². The topological polar surface area (TPSA) is 12.0 Å². The van der Waals surface area contributed by atoms with Crippen LogP contribution in [0.3, 0.4) is 0 Å². The second-order valence-corrected chi connectivity index (χ2v) is 2.66. The maximum atomic E-state index is 3.81. The van der Waals surface area contributed by atoms with Gasteiger partial charge in [-0.2, -0.15) is 0 Å². The van der Waals surface area contributed by atoms with Crippen LogP contribution in [-0.2, 0) is 0 Å². The lowest BCUT2D eigenvalue weighted by molar-refractivity contribution is 0.402. The Hall–Kier alpha value is -0.0400. The highest BCUT2D eigenvalue weighted by Crippen LogP contribution is 2.04. The predicted molar refractivity (Wildman–Crippen MR) is 37.7 cm³/mol. The summed E-state index contributed by atoms with van der Waals surface area (Å²) in [7, 11) is 0. The molecule has 0 aromatic rings. The lowest BCUT2D eigenvalue weighted by atomic mass is 10.0. The molecule has 1 radical (unpaired) electrons. The van der Waals surface area contributed by atoms with Gasteiger partial charge in [-0.3, -0.25) is 0 Å². The molecule has 0 aliphatic carbocycles. The Morgan fingerprint density at radius 1 is 1.50 bits per heavy atom. The molecule has 0 saturated carbocycles. The summed E-state index contributed by atoms with van der Waals surface area (Å²) < 4.78 is 0. The molecule has 49 valence electrons. The molecule has 0 aromatic carbocycles. The van der Waals surface area contributed by atoms with E-state index in [2.05, 4.69) is 33.0 Å². The summed E-state index contributed by atoms with van der Waals surface area (Å²) in [6, 6.07) is 0. The summed E-state index contributed by atoms with van der Waals surface area (Å²) in [6.45, 7) is 11.3. The maximum Gasteiger partial charge on any atom is 0.0125 e. The largest absolute Gasteiger partial charge is 0.312 e. The summed E-state index contributed by atoms with van der Waals surface area (Å²) in [4.78, 5) is 0. The van der Waals surface area contributed by atoms with Gasteiger partial charge in [-0.1, -0.05) is 13.8 Å². The van der Waals surface area contributed by atoms with Crippen molar-refractivity contribution >= 4 is 0 Å². The first kappa shape index (κ1) is 7.96. The van der Waals surface area contributed by atoms with Crippen molar-refractivity contribution in [2.45, 2.75) is 32.7 Å². The molecule has 0 spiro atoms. The van der Waals surface area contributed by atoms with Crippen LogP contribution in [0, 0.1) is 6.92 Å². The molecule has 0 unspecified atom stereocenters. The van der Waals surface area contributed by atoms with Crippen LogP contribution in [0.5, 0.6) is 0 Å². The number of hydrogen-bond donors (Lipinski definition) is 1. The standard InChI is InChI=1S/C7H16N/c1-5-7(3,4)8-6-2/h8H,1,5-6H2,2-4H3. The minimum Gasteiger partial charge on any atom is -0.312 e. The highest BCUT2D eigenvalue weighted by Gasteiger charge is 2.10. The van der Waals surface area contributed by atoms with E-state index in [1.807, 2.05) is 0 Å². The first-order valence-corrected chi connectivity index (χ1v) is 3.16. The lowest BCUT2D eigenvalue weighted by Crippen LogP contribution is -2.38. The van der Waals surface area contributed by atoms with Gasteiger partial charge in [-0.15, -0.1) is 0 Å². The van der Waals surface area contributed by atoms with Crippen molar-refractivity contribution in [2.75, 3.05) is 6.54 Å². The summed E-state index contributed by atoms with van der Waals surface area (Å²) in [5, 5.41) is 3.31. The van der Waals surface area contributed by atoms with E-state index in [4.69, 9.17) is 0 Å². The van der Waals surface area contributed by atoms with Gasteiger partial charge in [0.15, 0.2) is 0 Å². The Morgan fingerprint density at radius 2 is 2.00 bits per heavy atom. The molecule has 0 fully saturated rings. The summed E-state index contributed by atoms with van der Waals surface area (Å²) >= 11 is 0. The molecule has 0 bridgehead atoms. The van der Waals surface area contributed by atoms with E-state index in [0.29, 0.717) is 0 Å². The third-order valence-electron chi connectivity index (χ3n) is 1.28. The van der Waals surface area contributed by atoms with Crippen LogP contribution in [-0.4, -0.2) is 12.1 Å². The molecule has 1 nitrogen and oxygen atoms in total. The van der Waals surface area contributed by atoms with Crippen molar-refractivity contribution in [3.63, 3.8) is 0 Å². The third-order valence-corrected chi connectivity index (χ3v) is 1.28. The van der Waals surface area contributed by atoms with E-state index < -0.39 is 0 Å². The fourth-order valence-corrected chi connectivity index (χ4v) is 0.567. The average Bonchev–Trinajstić information content (AvgIpc) is 1.67. The van der Waals surface area contributed by atoms with E-state index in [-0.39, 0.29) is 5.54 Å². The summed E-state index contributed by atoms with van der Waals surface area (Å²) in [5.74, 6) is 0. The van der Waals surface area contributed by atoms with Crippen LogP contribution in [0.25, 0.3) is 0 Å². The quantitative estimate of drug-likeness (QED) is 0.587. The van der Waals surface area contributed by atoms with Crippen LogP contribution >= 0.6 is 0 Å². The fourth-order valence-electron chi connectivity index (χ4n) is 0.567. The second-order valence-electron chi connectivity index (χ2n) is 2.66. The van der Waals surface area contributed by atoms with E-state index >= 15 is 0 Å². The van der Waals surface area contributed by atoms with Crippen LogP contribution < -0.4 is 5.32 Å². The second kappa shape index (κ2) is 3.08. The van der Waals surface area contributed by atoms with Gasteiger partial charge in [0, 0.05) is 5.54 Å². The normalized spacial score (nSPS) is 12.0. The average molecular weight is 114 g/mol. The van der Waals surface area contributed by atoms with E-state index in [0.717, 1.165) is 13.0 Å². The molecule has 8 heavy (non-hydrogen) atoms. The maximum absolute atomic E-state index is 3.81. The third kappa shape index (κ3) is 3.03. The molecule has 0 aliphatic heterocycles. The highest BCUT2D eigenvalue weighted by molar-refractivity contribution is 4.76. The van der Waals surface area contributed by atoms with Crippen molar-refractivity contribution in [1.29, 1.82) is 0 Å². The summed E-state index contributed by atoms with van der Waals surface area (Å²) in [5.41, 5.74) is 0.231. The van der Waals surface area contributed by atoms with Crippen molar-refractivity contribution in [2.24, 2.45) is 0 Å². The first-order chi connectivity index (χ1) is 3.62. The molecule has 0 atom stereocenters. The van der Waals surface area contributed by atoms with Gasteiger partial charge < -0.3 is 5.32 Å². The molecule has 0 aromatic heterocycles. The van der Waals surface area contributed by atoms with Crippen LogP contribution in [0.2, 0.25) is 0 Å². The number of rotatable bonds is 3. The Bertz CT molecular complexity index is 57.4. The van der Waals surface area contributed by atoms with Gasteiger partial charge in [0.25, 0.3) is 0 Å². The molecule has 0 amide bonds. The Labute approximate surface area is 52.5 Å². The fraction of sp³-hybridized carbons (Fsp3) is 0.857. The predicted octanol–water partition coefficient (Wildman–Crippen LogP) is 1.60. The van der Waals surface area contributed by atoms with Crippen molar-refractivity contribution in [3.8, 4) is 0 Å². The molecule has 0 saturated heterocycles. The van der Waals surface area contributed by atoms with Gasteiger partial charge in [0.05, 0.1) is 0 Å². The van der Waals surface area contributed by atoms with Gasteiger partial charge in [-0.05, 0) is 26.8 Å². The van der Waals surface area contributed by atoms with Crippen LogP contribution in [0.4, 0.5) is 0 Å². The zero-order valence-electron chi connectivity index (χ0n) is 6.12. The van der Waals surface area contributed by atoms with Gasteiger partial charge >= 0.3 is 0 Å². The SMILES string of the molecule is [CH2]CC(C)(C)NCC. The zero-order valence-corrected chi connectivity index (χ0v) is 6.12. The Morgan fingerprint density at radius 3 is 2.12 bits per heavy atom. The van der Waals surface area contributed by atoms with Gasteiger partial charge in [0.2, 0.25) is 0 Å². The van der Waals surface area contributed by atoms with Gasteiger partial charge in [-0.25, -0.2) is 0 Å². The first-order valence-electron chi connectivity index (χ1n) is 3.16. The molecule has 0 rings (SSSR count). The lowest BCUT2D eigenvalue weighted by Gasteiger charge is -2.22. The van der Waals surface area contributed by atoms with Crippen molar-refractivity contribution in [1.82, 2.24) is 5.32 Å². The number of hydrogen-bond acceptors (Lipinski definition) is 1. The molecular formula is C7H16N.